The summed E-state index contributed by atoms with van der Waals surface area (Å²) in [7, 11) is 3.01. The lowest BCUT2D eigenvalue weighted by molar-refractivity contribution is 0.198. The van der Waals surface area contributed by atoms with Crippen molar-refractivity contribution in [3.63, 3.8) is 0 Å². The van der Waals surface area contributed by atoms with Gasteiger partial charge in [0.05, 0.1) is 7.11 Å². The van der Waals surface area contributed by atoms with Crippen LogP contribution in [0, 0.1) is 0 Å². The molecule has 0 bridgehead atoms. The first-order valence-electron chi connectivity index (χ1n) is 1.93. The Bertz CT molecular complexity index is 70.1. The normalized spacial score (nSPS) is 11.0. The number of nitrogens with zero attached hydrogens (tertiary/aromatic N) is 1. The van der Waals surface area contributed by atoms with Gasteiger partial charge in [-0.25, -0.2) is 0 Å². The molecule has 0 fully saturated rings. The fourth-order valence-electron chi connectivity index (χ4n) is 0.166. The number of rotatable bonds is 1. The Hall–Kier alpha value is -0.730. The zero-order valence-electron chi connectivity index (χ0n) is 4.76. The molecule has 3 nitrogen and oxygen atoms in total. The molecule has 0 radical (unpaired) electrons. The van der Waals surface area contributed by atoms with E-state index in [4.69, 9.17) is 0 Å². The summed E-state index contributed by atoms with van der Waals surface area (Å²) in [6.07, 6.45) is 0. The van der Waals surface area contributed by atoms with Gasteiger partial charge in [0.25, 0.3) is 0 Å². The molecule has 0 saturated heterocycles. The molecule has 42 valence electrons. The highest BCUT2D eigenvalue weighted by atomic mass is 16.6. The fourth-order valence-corrected chi connectivity index (χ4v) is 0.166. The molecule has 0 amide bonds. The lowest BCUT2D eigenvalue weighted by Gasteiger charge is -1.92. The van der Waals surface area contributed by atoms with Crippen molar-refractivity contribution in [3.05, 3.63) is 0 Å². The van der Waals surface area contributed by atoms with Gasteiger partial charge in [-0.3, -0.25) is 0 Å². The molecular weight excluding hydrogens is 94.0 g/mol. The second-order valence-corrected chi connectivity index (χ2v) is 0.997. The number of ether oxygens (including phenoxy) is 1. The van der Waals surface area contributed by atoms with Gasteiger partial charge in [0, 0.05) is 6.92 Å². The Balaban J connectivity index is 3.29. The number of hydrogen-bond donors (Lipinski definition) is 0. The van der Waals surface area contributed by atoms with Crippen LogP contribution in [0.4, 0.5) is 0 Å². The van der Waals surface area contributed by atoms with Gasteiger partial charge >= 0.3 is 0 Å². The monoisotopic (exact) mass is 103 g/mol. The van der Waals surface area contributed by atoms with Crippen LogP contribution in [0.5, 0.6) is 0 Å². The standard InChI is InChI=1S/C4H9NO2/c1-4(6-2)5-7-3/h1-3H3/b5-4+. The highest BCUT2D eigenvalue weighted by molar-refractivity contribution is 5.72. The van der Waals surface area contributed by atoms with E-state index in [9.17, 15) is 0 Å². The van der Waals surface area contributed by atoms with Crippen LogP contribution < -0.4 is 0 Å². The lowest BCUT2D eigenvalue weighted by Crippen LogP contribution is -1.92. The van der Waals surface area contributed by atoms with Crippen molar-refractivity contribution in [2.45, 2.75) is 6.92 Å². The van der Waals surface area contributed by atoms with E-state index in [0.29, 0.717) is 5.90 Å². The highest BCUT2D eigenvalue weighted by Crippen LogP contribution is 1.75. The molecule has 3 heteroatoms. The van der Waals surface area contributed by atoms with Gasteiger partial charge in [0.1, 0.15) is 7.11 Å². The topological polar surface area (TPSA) is 30.8 Å². The van der Waals surface area contributed by atoms with Gasteiger partial charge in [-0.05, 0) is 0 Å². The molecule has 0 N–H and O–H groups in total. The van der Waals surface area contributed by atoms with Crippen LogP contribution in [0.2, 0.25) is 0 Å². The molecule has 0 heterocycles. The van der Waals surface area contributed by atoms with Crippen LogP contribution in [-0.4, -0.2) is 20.1 Å². The Morgan fingerprint density at radius 3 is 2.14 bits per heavy atom. The van der Waals surface area contributed by atoms with Gasteiger partial charge in [-0.2, -0.15) is 0 Å². The molecule has 0 saturated carbocycles. The van der Waals surface area contributed by atoms with Crippen LogP contribution in [0.15, 0.2) is 5.16 Å². The van der Waals surface area contributed by atoms with Crippen LogP contribution in [0.1, 0.15) is 6.92 Å². The van der Waals surface area contributed by atoms with Crippen molar-refractivity contribution in [3.8, 4) is 0 Å². The molecule has 0 spiro atoms. The van der Waals surface area contributed by atoms with Crippen molar-refractivity contribution in [1.82, 2.24) is 0 Å². The summed E-state index contributed by atoms with van der Waals surface area (Å²) in [4.78, 5) is 4.36. The van der Waals surface area contributed by atoms with E-state index in [1.807, 2.05) is 0 Å². The van der Waals surface area contributed by atoms with Crippen molar-refractivity contribution < 1.29 is 9.57 Å². The number of hydrogen-bond acceptors (Lipinski definition) is 3. The number of methoxy groups -OCH3 is 1. The van der Waals surface area contributed by atoms with E-state index >= 15 is 0 Å². The first-order valence-corrected chi connectivity index (χ1v) is 1.93. The smallest absolute Gasteiger partial charge is 0.222 e. The first-order chi connectivity index (χ1) is 3.31. The molecule has 7 heavy (non-hydrogen) atoms. The lowest BCUT2D eigenvalue weighted by atomic mass is 10.8. The molecule has 0 atom stereocenters. The molecule has 0 aliphatic rings. The SMILES string of the molecule is CO/N=C(\C)OC. The van der Waals surface area contributed by atoms with E-state index in [1.54, 1.807) is 6.92 Å². The minimum absolute atomic E-state index is 0.530. The van der Waals surface area contributed by atoms with E-state index in [0.717, 1.165) is 0 Å². The predicted octanol–water partition coefficient (Wildman–Crippen LogP) is 0.613. The third kappa shape index (κ3) is 3.09. The maximum Gasteiger partial charge on any atom is 0.222 e. The zero-order valence-corrected chi connectivity index (χ0v) is 4.76. The van der Waals surface area contributed by atoms with Crippen molar-refractivity contribution in [2.24, 2.45) is 5.16 Å². The first kappa shape index (κ1) is 6.27. The molecule has 0 aromatic carbocycles. The Kier molecular flexibility index (Phi) is 3.10. The van der Waals surface area contributed by atoms with Crippen LogP contribution in [0.3, 0.4) is 0 Å². The second-order valence-electron chi connectivity index (χ2n) is 0.997. The minimum atomic E-state index is 0.530. The van der Waals surface area contributed by atoms with Crippen molar-refractivity contribution in [2.75, 3.05) is 14.2 Å². The van der Waals surface area contributed by atoms with Gasteiger partial charge in [-0.1, -0.05) is 5.16 Å². The zero-order chi connectivity index (χ0) is 5.70. The maximum absolute atomic E-state index is 4.62. The van der Waals surface area contributed by atoms with E-state index in [2.05, 4.69) is 14.7 Å². The van der Waals surface area contributed by atoms with Crippen molar-refractivity contribution in [1.29, 1.82) is 0 Å². The average Bonchev–Trinajstić information content (AvgIpc) is 1.68. The Labute approximate surface area is 42.9 Å². The quantitative estimate of drug-likeness (QED) is 0.276. The summed E-state index contributed by atoms with van der Waals surface area (Å²) < 4.78 is 4.62. The van der Waals surface area contributed by atoms with Crippen LogP contribution in [-0.2, 0) is 9.57 Å². The largest absolute Gasteiger partial charge is 0.482 e. The van der Waals surface area contributed by atoms with E-state index in [-0.39, 0.29) is 0 Å². The molecule has 0 rings (SSSR count). The molecule has 0 aliphatic heterocycles. The van der Waals surface area contributed by atoms with Crippen LogP contribution >= 0.6 is 0 Å². The highest BCUT2D eigenvalue weighted by Gasteiger charge is 1.79. The van der Waals surface area contributed by atoms with Crippen molar-refractivity contribution >= 4 is 5.90 Å². The van der Waals surface area contributed by atoms with Crippen LogP contribution in [0.25, 0.3) is 0 Å². The molecule has 0 aliphatic carbocycles. The summed E-state index contributed by atoms with van der Waals surface area (Å²) >= 11 is 0. The third-order valence-corrected chi connectivity index (χ3v) is 0.515. The second kappa shape index (κ2) is 3.46. The maximum atomic E-state index is 4.62. The fraction of sp³-hybridized carbons (Fsp3) is 0.750. The molecule has 0 unspecified atom stereocenters. The number of oxime groups is 1. The predicted molar refractivity (Wildman–Crippen MR) is 27.1 cm³/mol. The summed E-state index contributed by atoms with van der Waals surface area (Å²) in [5.74, 6) is 0.530. The molecular formula is C4H9NO2. The minimum Gasteiger partial charge on any atom is -0.482 e. The Morgan fingerprint density at radius 2 is 2.00 bits per heavy atom. The van der Waals surface area contributed by atoms with Gasteiger partial charge in [-0.15, -0.1) is 0 Å². The van der Waals surface area contributed by atoms with E-state index in [1.165, 1.54) is 14.2 Å². The summed E-state index contributed by atoms with van der Waals surface area (Å²) in [5, 5.41) is 3.44. The summed E-state index contributed by atoms with van der Waals surface area (Å²) in [6.45, 7) is 1.71. The van der Waals surface area contributed by atoms with E-state index < -0.39 is 0 Å². The molecule has 0 aromatic rings. The summed E-state index contributed by atoms with van der Waals surface area (Å²) in [5.41, 5.74) is 0. The van der Waals surface area contributed by atoms with Gasteiger partial charge in [0.2, 0.25) is 5.90 Å². The Morgan fingerprint density at radius 1 is 1.43 bits per heavy atom. The third-order valence-electron chi connectivity index (χ3n) is 0.515. The van der Waals surface area contributed by atoms with Gasteiger partial charge in [0.15, 0.2) is 0 Å². The summed E-state index contributed by atoms with van der Waals surface area (Å²) in [6, 6.07) is 0. The molecule has 0 aromatic heterocycles. The average molecular weight is 103 g/mol. The van der Waals surface area contributed by atoms with Gasteiger partial charge < -0.3 is 9.57 Å².